The number of allylic oxidation sites excluding steroid dienone is 2. The molecular formula is C44H36F4N8+4. The van der Waals surface area contributed by atoms with Crippen molar-refractivity contribution in [2.75, 3.05) is 0 Å². The van der Waals surface area contributed by atoms with E-state index in [4.69, 9.17) is 4.99 Å². The lowest BCUT2D eigenvalue weighted by molar-refractivity contribution is -0.700. The number of hydrogen-bond acceptors (Lipinski definition) is 1. The van der Waals surface area contributed by atoms with Crippen molar-refractivity contribution in [2.24, 2.45) is 33.2 Å². The number of fused-ring (bicyclic) bond motifs is 7. The molecule has 1 unspecified atom stereocenters. The van der Waals surface area contributed by atoms with Crippen LogP contribution in [0.4, 0.5) is 17.6 Å². The maximum absolute atomic E-state index is 16.2. The van der Waals surface area contributed by atoms with E-state index < -0.39 is 29.7 Å². The van der Waals surface area contributed by atoms with E-state index in [1.807, 2.05) is 36.4 Å². The standard InChI is InChI=1S/C44H36F4N8/c1-53-21-5-9-25(41(53)45)37-29-13-15-31(49-29)38(26-10-6-22-54(2)42(26)46)33-17-19-35(51-33)40(28-12-8-24-56(4)44(28)48)36-20-18-34(52-36)39(32-16-14-30(37)50-32)27-11-7-23-55(3)43(27)47/h5-24,37,49-51H,1-4H3/q+4. The van der Waals surface area contributed by atoms with Crippen molar-refractivity contribution in [2.45, 2.75) is 5.92 Å². The number of aromatic amines is 3. The summed E-state index contributed by atoms with van der Waals surface area (Å²) in [5.41, 5.74) is 5.83. The first-order valence-corrected chi connectivity index (χ1v) is 18.0. The molecule has 7 aromatic heterocycles. The number of pyridine rings is 4. The van der Waals surface area contributed by atoms with Crippen LogP contribution in [0.5, 0.6) is 0 Å². The summed E-state index contributed by atoms with van der Waals surface area (Å²) in [5.74, 6) is -2.61. The molecule has 9 heterocycles. The minimum atomic E-state index is -0.696. The smallest absolute Gasteiger partial charge is 0.357 e. The van der Waals surface area contributed by atoms with Crippen LogP contribution in [-0.2, 0) is 28.2 Å². The minimum Gasteiger partial charge on any atom is -0.357 e. The van der Waals surface area contributed by atoms with Crippen LogP contribution in [0.3, 0.4) is 0 Å². The topological polar surface area (TPSA) is 75.2 Å². The number of hydrogen-bond donors (Lipinski definition) is 3. The Bertz CT molecular complexity index is 2980. The fourth-order valence-electron chi connectivity index (χ4n) is 7.73. The first-order valence-electron chi connectivity index (χ1n) is 18.0. The molecule has 0 radical (unpaired) electrons. The van der Waals surface area contributed by atoms with Gasteiger partial charge in [-0.3, -0.25) is 0 Å². The molecule has 1 atom stereocenters. The third-order valence-electron chi connectivity index (χ3n) is 10.5. The van der Waals surface area contributed by atoms with Crippen LogP contribution in [0.2, 0.25) is 0 Å². The summed E-state index contributed by atoms with van der Waals surface area (Å²) in [5, 5.41) is 1.06. The number of halogens is 4. The highest BCUT2D eigenvalue weighted by Gasteiger charge is 2.32. The summed E-state index contributed by atoms with van der Waals surface area (Å²) in [6.07, 6.45) is 10.1. The molecule has 276 valence electrons. The Morgan fingerprint density at radius 3 is 1.52 bits per heavy atom. The van der Waals surface area contributed by atoms with Crippen molar-refractivity contribution in [1.82, 2.24) is 15.0 Å². The van der Waals surface area contributed by atoms with Gasteiger partial charge in [0.1, 0.15) is 28.2 Å². The number of nitrogens with zero attached hydrogens (tertiary/aromatic N) is 5. The molecular weight excluding hydrogens is 717 g/mol. The monoisotopic (exact) mass is 752 g/mol. The van der Waals surface area contributed by atoms with Gasteiger partial charge in [0, 0.05) is 74.5 Å². The van der Waals surface area contributed by atoms with Crippen molar-refractivity contribution in [3.63, 3.8) is 0 Å². The summed E-state index contributed by atoms with van der Waals surface area (Å²) in [6, 6.07) is 24.8. The largest absolute Gasteiger partial charge is 0.367 e. The Hall–Kier alpha value is -6.95. The second kappa shape index (κ2) is 13.4. The molecule has 0 spiro atoms. The first kappa shape index (κ1) is 34.8. The van der Waals surface area contributed by atoms with E-state index in [1.54, 1.807) is 114 Å². The molecule has 0 fully saturated rings. The average Bonchev–Trinajstić information content (AvgIpc) is 4.03. The van der Waals surface area contributed by atoms with Crippen LogP contribution >= 0.6 is 0 Å². The number of aliphatic imine (C=N–C) groups is 1. The van der Waals surface area contributed by atoms with Crippen molar-refractivity contribution < 1.29 is 35.8 Å². The van der Waals surface area contributed by atoms with Gasteiger partial charge >= 0.3 is 23.8 Å². The fraction of sp³-hybridized carbons (Fsp3) is 0.114. The molecule has 0 saturated carbocycles. The van der Waals surface area contributed by atoms with Gasteiger partial charge in [-0.15, -0.1) is 17.6 Å². The summed E-state index contributed by atoms with van der Waals surface area (Å²) >= 11 is 0. The van der Waals surface area contributed by atoms with E-state index in [-0.39, 0.29) is 11.1 Å². The molecule has 0 saturated heterocycles. The fourth-order valence-corrected chi connectivity index (χ4v) is 7.73. The van der Waals surface area contributed by atoms with Crippen molar-refractivity contribution in [1.29, 1.82) is 0 Å². The van der Waals surface area contributed by atoms with E-state index in [2.05, 4.69) is 15.0 Å². The molecule has 0 aromatic carbocycles. The predicted octanol–water partition coefficient (Wildman–Crippen LogP) is 3.94. The van der Waals surface area contributed by atoms with Gasteiger partial charge in [0.15, 0.2) is 24.8 Å². The normalized spacial score (nSPS) is 15.2. The summed E-state index contributed by atoms with van der Waals surface area (Å²) in [4.78, 5) is 15.6. The van der Waals surface area contributed by atoms with E-state index in [9.17, 15) is 0 Å². The molecule has 2 aliphatic rings. The molecule has 8 nitrogen and oxygen atoms in total. The number of aromatic nitrogens is 7. The number of aryl methyl sites for hydroxylation is 4. The second-order valence-electron chi connectivity index (χ2n) is 14.0. The summed E-state index contributed by atoms with van der Waals surface area (Å²) in [6.45, 7) is 0. The first-order chi connectivity index (χ1) is 27.1. The zero-order valence-corrected chi connectivity index (χ0v) is 30.9. The van der Waals surface area contributed by atoms with Gasteiger partial charge in [0.05, 0.1) is 39.6 Å². The van der Waals surface area contributed by atoms with Crippen LogP contribution in [0.1, 0.15) is 50.9 Å². The van der Waals surface area contributed by atoms with Crippen LogP contribution in [-0.4, -0.2) is 20.7 Å². The van der Waals surface area contributed by atoms with Gasteiger partial charge in [-0.25, -0.2) is 4.99 Å². The molecule has 12 heteroatoms. The summed E-state index contributed by atoms with van der Waals surface area (Å²) in [7, 11) is 6.50. The van der Waals surface area contributed by atoms with Crippen LogP contribution in [0.15, 0.2) is 133 Å². The van der Waals surface area contributed by atoms with Gasteiger partial charge in [-0.05, 0) is 72.8 Å². The Kier molecular flexibility index (Phi) is 8.33. The quantitative estimate of drug-likeness (QED) is 0.139. The van der Waals surface area contributed by atoms with E-state index in [0.29, 0.717) is 72.7 Å². The van der Waals surface area contributed by atoms with Gasteiger partial charge in [-0.1, -0.05) is 0 Å². The van der Waals surface area contributed by atoms with Gasteiger partial charge in [0.2, 0.25) is 0 Å². The number of H-pyrrole nitrogens is 3. The lowest BCUT2D eigenvalue weighted by atomic mass is 9.93. The molecule has 9 rings (SSSR count). The van der Waals surface area contributed by atoms with Gasteiger partial charge in [0.25, 0.3) is 0 Å². The van der Waals surface area contributed by atoms with E-state index in [0.717, 1.165) is 0 Å². The Balaban J connectivity index is 1.44. The Morgan fingerprint density at radius 1 is 0.482 bits per heavy atom. The molecule has 8 bridgehead atoms. The van der Waals surface area contributed by atoms with Crippen molar-refractivity contribution in [3.05, 3.63) is 207 Å². The highest BCUT2D eigenvalue weighted by Crippen LogP contribution is 2.37. The third kappa shape index (κ3) is 5.64. The zero-order valence-electron chi connectivity index (χ0n) is 30.9. The number of nitrogens with one attached hydrogen (secondary N) is 3. The number of rotatable bonds is 4. The highest BCUT2D eigenvalue weighted by atomic mass is 19.1. The maximum atomic E-state index is 16.2. The molecule has 56 heavy (non-hydrogen) atoms. The Labute approximate surface area is 318 Å². The second-order valence-corrected chi connectivity index (χ2v) is 14.0. The lowest BCUT2D eigenvalue weighted by Crippen LogP contribution is -2.35. The molecule has 7 aromatic rings. The SMILES string of the molecule is C[n+]1cccc(C2=C3C=CC(=N3)C(c3ccc[n+](C)c3F)=c3ccc([nH]3)=C(c3ccc[n+](C)c3F)c3ccc([nH]3)C(c3ccc[n+](C)c3F)c3ccc2[nH]3)c1F. The molecule has 3 N–H and O–H groups in total. The average molecular weight is 753 g/mol. The van der Waals surface area contributed by atoms with E-state index >= 15 is 17.6 Å². The van der Waals surface area contributed by atoms with Gasteiger partial charge in [-0.2, -0.15) is 18.3 Å². The molecule has 0 aliphatic carbocycles. The van der Waals surface area contributed by atoms with Gasteiger partial charge < -0.3 is 15.0 Å². The molecule has 0 amide bonds. The zero-order chi connectivity index (χ0) is 38.8. The van der Waals surface area contributed by atoms with E-state index in [1.165, 1.54) is 18.3 Å². The van der Waals surface area contributed by atoms with Crippen LogP contribution < -0.4 is 29.0 Å². The maximum Gasteiger partial charge on any atom is 0.367 e. The molecule has 2 aliphatic heterocycles. The van der Waals surface area contributed by atoms with Crippen LogP contribution in [0.25, 0.3) is 16.7 Å². The lowest BCUT2D eigenvalue weighted by Gasteiger charge is -2.16. The Morgan fingerprint density at radius 2 is 0.946 bits per heavy atom. The van der Waals surface area contributed by atoms with Crippen molar-refractivity contribution in [3.8, 4) is 0 Å². The third-order valence-corrected chi connectivity index (χ3v) is 10.5. The van der Waals surface area contributed by atoms with Crippen LogP contribution in [0, 0.1) is 23.8 Å². The summed E-state index contributed by atoms with van der Waals surface area (Å²) < 4.78 is 70.2. The highest BCUT2D eigenvalue weighted by molar-refractivity contribution is 6.30. The predicted molar refractivity (Wildman–Crippen MR) is 200 cm³/mol. The van der Waals surface area contributed by atoms with Crippen molar-refractivity contribution >= 4 is 22.4 Å². The minimum absolute atomic E-state index is 0.275.